The molecule has 6 nitrogen and oxygen atoms in total. The molecule has 1 heterocycles. The summed E-state index contributed by atoms with van der Waals surface area (Å²) in [5, 5.41) is 15.7. The van der Waals surface area contributed by atoms with Crippen molar-refractivity contribution in [1.82, 2.24) is 10.6 Å². The molecule has 6 heteroatoms. The van der Waals surface area contributed by atoms with Gasteiger partial charge in [-0.05, 0) is 36.8 Å². The Labute approximate surface area is 136 Å². The molecule has 1 aromatic carbocycles. The number of carbonyl (C=O) groups excluding carboxylic acids is 1. The number of rotatable bonds is 6. The number of carbonyl (C=O) groups is 1. The third-order valence-electron chi connectivity index (χ3n) is 3.53. The predicted molar refractivity (Wildman–Crippen MR) is 89.3 cm³/mol. The molecule has 2 aromatic rings. The molecule has 0 spiro atoms. The number of aliphatic hydroxyl groups is 1. The first-order valence-electron chi connectivity index (χ1n) is 7.43. The first kappa shape index (κ1) is 16.9. The molecule has 0 aliphatic carbocycles. The Morgan fingerprint density at radius 3 is 2.70 bits per heavy atom. The molecule has 0 saturated heterocycles. The number of amides is 2. The average Bonchev–Trinajstić information content (AvgIpc) is 3.06. The van der Waals surface area contributed by atoms with Crippen LogP contribution in [0, 0.1) is 0 Å². The van der Waals surface area contributed by atoms with Crippen LogP contribution in [0.15, 0.2) is 47.1 Å². The summed E-state index contributed by atoms with van der Waals surface area (Å²) < 4.78 is 5.17. The fourth-order valence-electron chi connectivity index (χ4n) is 2.11. The van der Waals surface area contributed by atoms with Crippen LogP contribution < -0.4 is 15.5 Å². The first-order chi connectivity index (χ1) is 10.9. The van der Waals surface area contributed by atoms with Gasteiger partial charge >= 0.3 is 6.03 Å². The maximum Gasteiger partial charge on any atom is 0.315 e. The minimum absolute atomic E-state index is 0.0596. The molecule has 1 aromatic heterocycles. The minimum Gasteiger partial charge on any atom is -0.466 e. The van der Waals surface area contributed by atoms with E-state index in [2.05, 4.69) is 10.6 Å². The maximum absolute atomic E-state index is 11.9. The van der Waals surface area contributed by atoms with E-state index in [1.165, 1.54) is 6.26 Å². The minimum atomic E-state index is -1.24. The van der Waals surface area contributed by atoms with Crippen molar-refractivity contribution in [2.45, 2.75) is 19.1 Å². The van der Waals surface area contributed by atoms with Gasteiger partial charge in [-0.15, -0.1) is 0 Å². The van der Waals surface area contributed by atoms with E-state index in [0.717, 1.165) is 11.3 Å². The van der Waals surface area contributed by atoms with Crippen molar-refractivity contribution in [1.29, 1.82) is 0 Å². The quantitative estimate of drug-likeness (QED) is 0.762. The average molecular weight is 317 g/mol. The molecule has 124 valence electrons. The first-order valence-corrected chi connectivity index (χ1v) is 7.43. The second-order valence-corrected chi connectivity index (χ2v) is 5.85. The number of anilines is 1. The largest absolute Gasteiger partial charge is 0.466 e. The van der Waals surface area contributed by atoms with Crippen molar-refractivity contribution in [2.75, 3.05) is 25.5 Å². The fourth-order valence-corrected chi connectivity index (χ4v) is 2.11. The molecule has 0 saturated carbocycles. The van der Waals surface area contributed by atoms with Crippen molar-refractivity contribution >= 4 is 11.7 Å². The molecule has 0 aliphatic rings. The summed E-state index contributed by atoms with van der Waals surface area (Å²) in [6.07, 6.45) is 1.49. The van der Waals surface area contributed by atoms with Gasteiger partial charge in [-0.25, -0.2) is 4.79 Å². The highest BCUT2D eigenvalue weighted by Crippen LogP contribution is 2.19. The lowest BCUT2D eigenvalue weighted by molar-refractivity contribution is 0.0367. The fraction of sp³-hybridized carbons (Fsp3) is 0.353. The number of urea groups is 1. The van der Waals surface area contributed by atoms with Crippen LogP contribution in [0.5, 0.6) is 0 Å². The highest BCUT2D eigenvalue weighted by atomic mass is 16.4. The number of furan rings is 1. The van der Waals surface area contributed by atoms with Crippen molar-refractivity contribution in [3.8, 4) is 0 Å². The van der Waals surface area contributed by atoms with Gasteiger partial charge in [-0.1, -0.05) is 12.1 Å². The van der Waals surface area contributed by atoms with Gasteiger partial charge in [-0.2, -0.15) is 0 Å². The van der Waals surface area contributed by atoms with Gasteiger partial charge in [0.2, 0.25) is 0 Å². The van der Waals surface area contributed by atoms with Crippen molar-refractivity contribution in [3.63, 3.8) is 0 Å². The van der Waals surface area contributed by atoms with Crippen LogP contribution in [-0.2, 0) is 12.1 Å². The van der Waals surface area contributed by atoms with Crippen LogP contribution in [0.3, 0.4) is 0 Å². The Balaban J connectivity index is 1.82. The van der Waals surface area contributed by atoms with Gasteiger partial charge in [0, 0.05) is 26.3 Å². The summed E-state index contributed by atoms with van der Waals surface area (Å²) >= 11 is 0. The standard InChI is InChI=1S/C17H23N3O3/c1-17(22,15-8-5-9-23-15)12-19-16(21)18-11-13-6-4-7-14(10-13)20(2)3/h4-10,22H,11-12H2,1-3H3,(H2,18,19,21). The van der Waals surface area contributed by atoms with E-state index >= 15 is 0 Å². The summed E-state index contributed by atoms with van der Waals surface area (Å²) in [6, 6.07) is 10.9. The Bertz CT molecular complexity index is 636. The highest BCUT2D eigenvalue weighted by molar-refractivity contribution is 5.74. The zero-order valence-corrected chi connectivity index (χ0v) is 13.7. The number of benzene rings is 1. The van der Waals surface area contributed by atoms with Crippen LogP contribution in [0.25, 0.3) is 0 Å². The van der Waals surface area contributed by atoms with Crippen molar-refractivity contribution in [2.24, 2.45) is 0 Å². The normalized spacial score (nSPS) is 13.2. The van der Waals surface area contributed by atoms with Crippen LogP contribution in [-0.4, -0.2) is 31.8 Å². The van der Waals surface area contributed by atoms with E-state index in [9.17, 15) is 9.90 Å². The van der Waals surface area contributed by atoms with Gasteiger partial charge in [0.05, 0.1) is 12.8 Å². The lowest BCUT2D eigenvalue weighted by Gasteiger charge is -2.21. The molecular weight excluding hydrogens is 294 g/mol. The van der Waals surface area contributed by atoms with Gasteiger partial charge < -0.3 is 25.1 Å². The van der Waals surface area contributed by atoms with Gasteiger partial charge in [0.15, 0.2) is 0 Å². The predicted octanol–water partition coefficient (Wildman–Crippen LogP) is 2.05. The monoisotopic (exact) mass is 317 g/mol. The van der Waals surface area contributed by atoms with Gasteiger partial charge in [0.25, 0.3) is 0 Å². The Kier molecular flexibility index (Phi) is 5.28. The smallest absolute Gasteiger partial charge is 0.315 e. The number of nitrogens with zero attached hydrogens (tertiary/aromatic N) is 1. The topological polar surface area (TPSA) is 77.7 Å². The third-order valence-corrected chi connectivity index (χ3v) is 3.53. The molecule has 0 fully saturated rings. The van der Waals surface area contributed by atoms with Crippen LogP contribution in [0.2, 0.25) is 0 Å². The summed E-state index contributed by atoms with van der Waals surface area (Å²) in [6.45, 7) is 2.06. The Morgan fingerprint density at radius 2 is 2.04 bits per heavy atom. The molecule has 1 unspecified atom stereocenters. The molecule has 2 rings (SSSR count). The maximum atomic E-state index is 11.9. The lowest BCUT2D eigenvalue weighted by atomic mass is 10.0. The van der Waals surface area contributed by atoms with E-state index in [1.807, 2.05) is 43.3 Å². The lowest BCUT2D eigenvalue weighted by Crippen LogP contribution is -2.43. The van der Waals surface area contributed by atoms with E-state index in [4.69, 9.17) is 4.42 Å². The van der Waals surface area contributed by atoms with E-state index in [-0.39, 0.29) is 12.6 Å². The van der Waals surface area contributed by atoms with Gasteiger partial charge in [0.1, 0.15) is 11.4 Å². The van der Waals surface area contributed by atoms with Crippen LogP contribution in [0.4, 0.5) is 10.5 Å². The molecule has 0 bridgehead atoms. The molecule has 3 N–H and O–H groups in total. The Morgan fingerprint density at radius 1 is 1.26 bits per heavy atom. The number of hydrogen-bond acceptors (Lipinski definition) is 4. The molecule has 2 amide bonds. The second kappa shape index (κ2) is 7.19. The van der Waals surface area contributed by atoms with Gasteiger partial charge in [-0.3, -0.25) is 0 Å². The highest BCUT2D eigenvalue weighted by Gasteiger charge is 2.26. The number of hydrogen-bond donors (Lipinski definition) is 3. The van der Waals surface area contributed by atoms with E-state index in [1.54, 1.807) is 19.1 Å². The van der Waals surface area contributed by atoms with E-state index in [0.29, 0.717) is 12.3 Å². The Hall–Kier alpha value is -2.47. The molecule has 0 radical (unpaired) electrons. The van der Waals surface area contributed by atoms with Crippen molar-refractivity contribution < 1.29 is 14.3 Å². The SMILES string of the molecule is CN(C)c1cccc(CNC(=O)NCC(C)(O)c2ccco2)c1. The second-order valence-electron chi connectivity index (χ2n) is 5.85. The summed E-state index contributed by atoms with van der Waals surface area (Å²) in [5.74, 6) is 0.413. The van der Waals surface area contributed by atoms with E-state index < -0.39 is 5.60 Å². The number of nitrogens with one attached hydrogen (secondary N) is 2. The zero-order chi connectivity index (χ0) is 16.9. The molecule has 23 heavy (non-hydrogen) atoms. The van der Waals surface area contributed by atoms with Crippen LogP contribution in [0.1, 0.15) is 18.2 Å². The molecule has 0 aliphatic heterocycles. The molecule has 1 atom stereocenters. The van der Waals surface area contributed by atoms with Crippen molar-refractivity contribution in [3.05, 3.63) is 54.0 Å². The zero-order valence-electron chi connectivity index (χ0n) is 13.7. The third kappa shape index (κ3) is 4.75. The summed E-state index contributed by atoms with van der Waals surface area (Å²) in [5.41, 5.74) is 0.834. The molecular formula is C17H23N3O3. The van der Waals surface area contributed by atoms with Crippen LogP contribution >= 0.6 is 0 Å². The summed E-state index contributed by atoms with van der Waals surface area (Å²) in [7, 11) is 3.94. The summed E-state index contributed by atoms with van der Waals surface area (Å²) in [4.78, 5) is 13.9.